The first kappa shape index (κ1) is 9.19. The van der Waals surface area contributed by atoms with E-state index in [-0.39, 0.29) is 6.10 Å². The molecule has 1 saturated heterocycles. The third-order valence-corrected chi connectivity index (χ3v) is 3.41. The first-order valence-electron chi connectivity index (χ1n) is 4.55. The molecule has 72 valence electrons. The van der Waals surface area contributed by atoms with E-state index in [1.807, 2.05) is 18.4 Å². The van der Waals surface area contributed by atoms with Gasteiger partial charge in [0.25, 0.3) is 0 Å². The van der Waals surface area contributed by atoms with Gasteiger partial charge in [-0.2, -0.15) is 0 Å². The molecule has 0 saturated carbocycles. The molecular formula is C10H14O2S. The van der Waals surface area contributed by atoms with Gasteiger partial charge in [-0.1, -0.05) is 6.07 Å². The lowest BCUT2D eigenvalue weighted by atomic mass is 9.92. The van der Waals surface area contributed by atoms with Crippen molar-refractivity contribution in [1.82, 2.24) is 0 Å². The molecule has 1 aliphatic rings. The smallest absolute Gasteiger partial charge is 0.0944 e. The summed E-state index contributed by atoms with van der Waals surface area (Å²) in [6.07, 6.45) is 1.56. The van der Waals surface area contributed by atoms with Crippen LogP contribution < -0.4 is 0 Å². The van der Waals surface area contributed by atoms with E-state index in [2.05, 4.69) is 6.07 Å². The molecule has 2 nitrogen and oxygen atoms in total. The zero-order chi connectivity index (χ0) is 9.31. The van der Waals surface area contributed by atoms with E-state index in [1.54, 1.807) is 11.3 Å². The number of rotatable bonds is 1. The fourth-order valence-corrected chi connectivity index (χ4v) is 2.41. The van der Waals surface area contributed by atoms with E-state index in [0.29, 0.717) is 13.0 Å². The fraction of sp³-hybridized carbons (Fsp3) is 0.600. The normalized spacial score (nSPS) is 34.8. The molecular weight excluding hydrogens is 184 g/mol. The van der Waals surface area contributed by atoms with Crippen molar-refractivity contribution in [3.8, 4) is 0 Å². The van der Waals surface area contributed by atoms with E-state index in [9.17, 15) is 5.11 Å². The molecule has 0 radical (unpaired) electrons. The van der Waals surface area contributed by atoms with Gasteiger partial charge in [0.15, 0.2) is 0 Å². The molecule has 2 heterocycles. The van der Waals surface area contributed by atoms with Gasteiger partial charge >= 0.3 is 0 Å². The van der Waals surface area contributed by atoms with Gasteiger partial charge in [-0.25, -0.2) is 0 Å². The van der Waals surface area contributed by atoms with Crippen LogP contribution in [0.4, 0.5) is 0 Å². The summed E-state index contributed by atoms with van der Waals surface area (Å²) in [5.74, 6) is 0. The Labute approximate surface area is 82.2 Å². The minimum absolute atomic E-state index is 0.101. The van der Waals surface area contributed by atoms with Crippen LogP contribution in [0.5, 0.6) is 0 Å². The first-order valence-corrected chi connectivity index (χ1v) is 5.43. The number of hydrogen-bond acceptors (Lipinski definition) is 3. The van der Waals surface area contributed by atoms with Crippen molar-refractivity contribution in [3.63, 3.8) is 0 Å². The first-order chi connectivity index (χ1) is 6.17. The van der Waals surface area contributed by atoms with Crippen LogP contribution in [0, 0.1) is 0 Å². The number of hydrogen-bond donors (Lipinski definition) is 1. The van der Waals surface area contributed by atoms with Crippen LogP contribution >= 0.6 is 11.3 Å². The highest BCUT2D eigenvalue weighted by molar-refractivity contribution is 7.10. The topological polar surface area (TPSA) is 29.5 Å². The number of ether oxygens (including phenoxy) is 1. The molecule has 1 aliphatic heterocycles. The van der Waals surface area contributed by atoms with Gasteiger partial charge < -0.3 is 9.84 Å². The molecule has 2 atom stereocenters. The maximum atomic E-state index is 9.87. The predicted molar refractivity (Wildman–Crippen MR) is 52.9 cm³/mol. The lowest BCUT2D eigenvalue weighted by Crippen LogP contribution is -2.34. The highest BCUT2D eigenvalue weighted by Gasteiger charge is 2.31. The molecule has 0 amide bonds. The highest BCUT2D eigenvalue weighted by atomic mass is 32.1. The van der Waals surface area contributed by atoms with Gasteiger partial charge in [-0.3, -0.25) is 0 Å². The summed E-state index contributed by atoms with van der Waals surface area (Å²) in [5.41, 5.74) is -0.549. The summed E-state index contributed by atoms with van der Waals surface area (Å²) >= 11 is 1.69. The van der Waals surface area contributed by atoms with Crippen LogP contribution in [0.2, 0.25) is 0 Å². The zero-order valence-corrected chi connectivity index (χ0v) is 8.51. The van der Waals surface area contributed by atoms with Gasteiger partial charge in [0, 0.05) is 11.3 Å². The van der Waals surface area contributed by atoms with Gasteiger partial charge in [-0.15, -0.1) is 11.3 Å². The number of aliphatic hydroxyl groups is 1. The minimum atomic E-state index is -0.549. The number of thiophene rings is 1. The summed E-state index contributed by atoms with van der Waals surface area (Å²) in [6.45, 7) is 2.55. The van der Waals surface area contributed by atoms with Crippen LogP contribution in [-0.2, 0) is 4.74 Å². The van der Waals surface area contributed by atoms with Crippen molar-refractivity contribution in [3.05, 3.63) is 22.4 Å². The Hall–Kier alpha value is -0.380. The third kappa shape index (κ3) is 2.10. The van der Waals surface area contributed by atoms with Crippen molar-refractivity contribution < 1.29 is 9.84 Å². The summed E-state index contributed by atoms with van der Waals surface area (Å²) in [6, 6.07) is 4.09. The van der Waals surface area contributed by atoms with Crippen LogP contribution in [0.25, 0.3) is 0 Å². The Balaban J connectivity index is 2.09. The second kappa shape index (κ2) is 3.40. The van der Waals surface area contributed by atoms with Gasteiger partial charge in [-0.05, 0) is 24.8 Å². The Kier molecular flexibility index (Phi) is 2.41. The van der Waals surface area contributed by atoms with Crippen LogP contribution in [-0.4, -0.2) is 17.3 Å². The van der Waals surface area contributed by atoms with E-state index >= 15 is 0 Å². The monoisotopic (exact) mass is 198 g/mol. The van der Waals surface area contributed by atoms with E-state index < -0.39 is 5.60 Å². The van der Waals surface area contributed by atoms with E-state index in [0.717, 1.165) is 6.42 Å². The summed E-state index contributed by atoms with van der Waals surface area (Å²) < 4.78 is 5.61. The molecule has 2 unspecified atom stereocenters. The summed E-state index contributed by atoms with van der Waals surface area (Å²) in [5, 5.41) is 11.9. The Morgan fingerprint density at radius 1 is 1.69 bits per heavy atom. The van der Waals surface area contributed by atoms with Crippen molar-refractivity contribution in [1.29, 1.82) is 0 Å². The lowest BCUT2D eigenvalue weighted by molar-refractivity contribution is -0.0940. The Morgan fingerprint density at radius 2 is 2.54 bits per heavy atom. The van der Waals surface area contributed by atoms with Gasteiger partial charge in [0.05, 0.1) is 18.3 Å². The van der Waals surface area contributed by atoms with Crippen LogP contribution in [0.3, 0.4) is 0 Å². The fourth-order valence-electron chi connectivity index (χ4n) is 1.64. The maximum absolute atomic E-state index is 9.87. The van der Waals surface area contributed by atoms with Crippen LogP contribution in [0.15, 0.2) is 17.5 Å². The van der Waals surface area contributed by atoms with Crippen LogP contribution in [0.1, 0.15) is 30.7 Å². The van der Waals surface area contributed by atoms with Crippen molar-refractivity contribution >= 4 is 11.3 Å². The molecule has 13 heavy (non-hydrogen) atoms. The molecule has 3 heteroatoms. The molecule has 1 aromatic rings. The molecule has 1 aromatic heterocycles. The highest BCUT2D eigenvalue weighted by Crippen LogP contribution is 2.35. The average Bonchev–Trinajstić information content (AvgIpc) is 2.53. The summed E-state index contributed by atoms with van der Waals surface area (Å²) in [7, 11) is 0. The average molecular weight is 198 g/mol. The largest absolute Gasteiger partial charge is 0.390 e. The quantitative estimate of drug-likeness (QED) is 0.750. The minimum Gasteiger partial charge on any atom is -0.390 e. The van der Waals surface area contributed by atoms with Crippen molar-refractivity contribution in [2.45, 2.75) is 31.5 Å². The molecule has 1 fully saturated rings. The summed E-state index contributed by atoms with van der Waals surface area (Å²) in [4.78, 5) is 1.22. The second-order valence-corrected chi connectivity index (χ2v) is 4.81. The molecule has 0 bridgehead atoms. The zero-order valence-electron chi connectivity index (χ0n) is 7.69. The molecule has 2 rings (SSSR count). The lowest BCUT2D eigenvalue weighted by Gasteiger charge is -2.33. The Morgan fingerprint density at radius 3 is 3.15 bits per heavy atom. The van der Waals surface area contributed by atoms with Gasteiger partial charge in [0.2, 0.25) is 0 Å². The molecule has 1 N–H and O–H groups in total. The Bertz CT molecular complexity index is 266. The van der Waals surface area contributed by atoms with Crippen molar-refractivity contribution in [2.75, 3.05) is 6.61 Å². The standard InChI is InChI=1S/C10H14O2S/c1-10(11)4-5-12-8(7-10)9-3-2-6-13-9/h2-3,6,8,11H,4-5,7H2,1H3. The molecule has 0 spiro atoms. The molecule has 0 aliphatic carbocycles. The molecule has 0 aromatic carbocycles. The van der Waals surface area contributed by atoms with E-state index in [4.69, 9.17) is 4.74 Å². The predicted octanol–water partition coefficient (Wildman–Crippen LogP) is 2.35. The van der Waals surface area contributed by atoms with Crippen molar-refractivity contribution in [2.24, 2.45) is 0 Å². The maximum Gasteiger partial charge on any atom is 0.0944 e. The SMILES string of the molecule is CC1(O)CCOC(c2cccs2)C1. The third-order valence-electron chi connectivity index (χ3n) is 2.45. The van der Waals surface area contributed by atoms with E-state index in [1.165, 1.54) is 4.88 Å². The second-order valence-electron chi connectivity index (χ2n) is 3.83. The van der Waals surface area contributed by atoms with Gasteiger partial charge in [0.1, 0.15) is 0 Å².